The lowest BCUT2D eigenvalue weighted by Crippen LogP contribution is -2.48. The van der Waals surface area contributed by atoms with Gasteiger partial charge in [-0.3, -0.25) is 9.78 Å². The van der Waals surface area contributed by atoms with Gasteiger partial charge in [0.25, 0.3) is 5.91 Å². The van der Waals surface area contributed by atoms with Crippen LogP contribution in [0.1, 0.15) is 23.2 Å². The fourth-order valence-corrected chi connectivity index (χ4v) is 2.75. The van der Waals surface area contributed by atoms with Crippen molar-refractivity contribution >= 4 is 11.6 Å². The van der Waals surface area contributed by atoms with E-state index in [2.05, 4.69) is 26.4 Å². The summed E-state index contributed by atoms with van der Waals surface area (Å²) >= 11 is 0. The highest BCUT2D eigenvalue weighted by Crippen LogP contribution is 2.26. The van der Waals surface area contributed by atoms with Gasteiger partial charge in [0.2, 0.25) is 0 Å². The van der Waals surface area contributed by atoms with Crippen LogP contribution in [0.3, 0.4) is 0 Å². The minimum absolute atomic E-state index is 0.318. The van der Waals surface area contributed by atoms with Gasteiger partial charge in [-0.2, -0.15) is 0 Å². The predicted octanol–water partition coefficient (Wildman–Crippen LogP) is 1.08. The highest BCUT2D eigenvalue weighted by Gasteiger charge is 2.28. The quantitative estimate of drug-likeness (QED) is 0.891. The standard InChI is InChI=1S/C15H19N5O/c1-2-14-18-5-6-19(14)8-11-9-20(10-11)12-3-4-17-13(7-12)15(16)21/h3-7,11H,2,8-10H2,1H3,(H2,16,21). The van der Waals surface area contributed by atoms with Crippen molar-refractivity contribution in [1.82, 2.24) is 14.5 Å². The van der Waals surface area contributed by atoms with E-state index >= 15 is 0 Å². The molecule has 2 aromatic heterocycles. The van der Waals surface area contributed by atoms with Gasteiger partial charge < -0.3 is 15.2 Å². The molecule has 0 aliphatic carbocycles. The van der Waals surface area contributed by atoms with Gasteiger partial charge in [0.15, 0.2) is 0 Å². The molecule has 1 aliphatic heterocycles. The average molecular weight is 285 g/mol. The molecular formula is C15H19N5O. The van der Waals surface area contributed by atoms with Gasteiger partial charge in [0, 0.05) is 56.3 Å². The van der Waals surface area contributed by atoms with Gasteiger partial charge in [0.05, 0.1) is 0 Å². The molecule has 6 heteroatoms. The number of primary amides is 1. The molecule has 0 unspecified atom stereocenters. The number of carbonyl (C=O) groups is 1. The van der Waals surface area contributed by atoms with Gasteiger partial charge in [-0.1, -0.05) is 6.92 Å². The first-order valence-corrected chi connectivity index (χ1v) is 7.18. The van der Waals surface area contributed by atoms with Crippen molar-refractivity contribution in [2.45, 2.75) is 19.9 Å². The third-order valence-electron chi connectivity index (χ3n) is 3.89. The van der Waals surface area contributed by atoms with E-state index < -0.39 is 5.91 Å². The zero-order valence-corrected chi connectivity index (χ0v) is 12.1. The number of nitrogens with two attached hydrogens (primary N) is 1. The van der Waals surface area contributed by atoms with Crippen molar-refractivity contribution < 1.29 is 4.79 Å². The summed E-state index contributed by atoms with van der Waals surface area (Å²) in [4.78, 5) is 21.7. The molecule has 21 heavy (non-hydrogen) atoms. The summed E-state index contributed by atoms with van der Waals surface area (Å²) < 4.78 is 2.23. The SMILES string of the molecule is CCc1nccn1CC1CN(c2ccnc(C(N)=O)c2)C1. The summed E-state index contributed by atoms with van der Waals surface area (Å²) in [5.41, 5.74) is 6.59. The van der Waals surface area contributed by atoms with Crippen LogP contribution in [0.15, 0.2) is 30.7 Å². The summed E-state index contributed by atoms with van der Waals surface area (Å²) in [6, 6.07) is 3.67. The normalized spacial score (nSPS) is 15.0. The van der Waals surface area contributed by atoms with E-state index in [1.165, 1.54) is 0 Å². The number of hydrogen-bond donors (Lipinski definition) is 1. The van der Waals surface area contributed by atoms with E-state index in [-0.39, 0.29) is 0 Å². The molecule has 3 heterocycles. The van der Waals surface area contributed by atoms with Crippen molar-refractivity contribution in [1.29, 1.82) is 0 Å². The Bertz CT molecular complexity index is 645. The van der Waals surface area contributed by atoms with E-state index in [1.54, 1.807) is 12.3 Å². The van der Waals surface area contributed by atoms with Gasteiger partial charge in [-0.15, -0.1) is 0 Å². The van der Waals surface area contributed by atoms with Crippen LogP contribution in [0, 0.1) is 5.92 Å². The van der Waals surface area contributed by atoms with Gasteiger partial charge in [0.1, 0.15) is 11.5 Å². The molecular weight excluding hydrogens is 266 g/mol. The largest absolute Gasteiger partial charge is 0.371 e. The molecule has 1 amide bonds. The first kappa shape index (κ1) is 13.6. The van der Waals surface area contributed by atoms with Crippen LogP contribution in [-0.4, -0.2) is 33.5 Å². The number of aryl methyl sites for hydroxylation is 1. The van der Waals surface area contributed by atoms with Crippen LogP contribution < -0.4 is 10.6 Å². The zero-order chi connectivity index (χ0) is 14.8. The van der Waals surface area contributed by atoms with E-state index in [0.717, 1.165) is 37.6 Å². The molecule has 3 rings (SSSR count). The third kappa shape index (κ3) is 2.74. The van der Waals surface area contributed by atoms with Gasteiger partial charge >= 0.3 is 0 Å². The van der Waals surface area contributed by atoms with Crippen molar-refractivity contribution in [3.05, 3.63) is 42.2 Å². The first-order valence-electron chi connectivity index (χ1n) is 7.18. The average Bonchev–Trinajstić information content (AvgIpc) is 2.89. The van der Waals surface area contributed by atoms with E-state index in [0.29, 0.717) is 11.6 Å². The van der Waals surface area contributed by atoms with Crippen LogP contribution in [0.25, 0.3) is 0 Å². The number of aromatic nitrogens is 3. The molecule has 0 saturated carbocycles. The fraction of sp³-hybridized carbons (Fsp3) is 0.400. The summed E-state index contributed by atoms with van der Waals surface area (Å²) in [6.45, 7) is 5.06. The smallest absolute Gasteiger partial charge is 0.267 e. The highest BCUT2D eigenvalue weighted by molar-refractivity contribution is 5.91. The van der Waals surface area contributed by atoms with Crippen molar-refractivity contribution in [2.24, 2.45) is 11.7 Å². The maximum absolute atomic E-state index is 11.2. The number of nitrogens with zero attached hydrogens (tertiary/aromatic N) is 4. The van der Waals surface area contributed by atoms with E-state index in [1.807, 2.05) is 18.5 Å². The summed E-state index contributed by atoms with van der Waals surface area (Å²) in [7, 11) is 0. The lowest BCUT2D eigenvalue weighted by molar-refractivity contribution is 0.0995. The number of imidazole rings is 1. The Hall–Kier alpha value is -2.37. The maximum atomic E-state index is 11.2. The second-order valence-electron chi connectivity index (χ2n) is 5.38. The fourth-order valence-electron chi connectivity index (χ4n) is 2.75. The molecule has 2 aromatic rings. The van der Waals surface area contributed by atoms with Crippen LogP contribution in [-0.2, 0) is 13.0 Å². The van der Waals surface area contributed by atoms with Crippen LogP contribution in [0.2, 0.25) is 0 Å². The number of rotatable bonds is 5. The Morgan fingerprint density at radius 1 is 1.38 bits per heavy atom. The second-order valence-corrected chi connectivity index (χ2v) is 5.38. The maximum Gasteiger partial charge on any atom is 0.267 e. The Morgan fingerprint density at radius 3 is 2.90 bits per heavy atom. The minimum atomic E-state index is -0.486. The van der Waals surface area contributed by atoms with Crippen molar-refractivity contribution in [3.8, 4) is 0 Å². The Kier molecular flexibility index (Phi) is 3.60. The van der Waals surface area contributed by atoms with Crippen LogP contribution in [0.5, 0.6) is 0 Å². The van der Waals surface area contributed by atoms with E-state index in [4.69, 9.17) is 5.73 Å². The Balaban J connectivity index is 1.61. The number of anilines is 1. The molecule has 0 spiro atoms. The van der Waals surface area contributed by atoms with Gasteiger partial charge in [-0.05, 0) is 12.1 Å². The van der Waals surface area contributed by atoms with Crippen molar-refractivity contribution in [3.63, 3.8) is 0 Å². The predicted molar refractivity (Wildman–Crippen MR) is 80.1 cm³/mol. The van der Waals surface area contributed by atoms with Gasteiger partial charge in [-0.25, -0.2) is 4.98 Å². The Morgan fingerprint density at radius 2 is 2.19 bits per heavy atom. The molecule has 6 nitrogen and oxygen atoms in total. The minimum Gasteiger partial charge on any atom is -0.371 e. The van der Waals surface area contributed by atoms with Crippen LogP contribution >= 0.6 is 0 Å². The van der Waals surface area contributed by atoms with Crippen molar-refractivity contribution in [2.75, 3.05) is 18.0 Å². The topological polar surface area (TPSA) is 77.0 Å². The molecule has 0 radical (unpaired) electrons. The van der Waals surface area contributed by atoms with Crippen LogP contribution in [0.4, 0.5) is 5.69 Å². The second kappa shape index (κ2) is 5.55. The zero-order valence-electron chi connectivity index (χ0n) is 12.1. The molecule has 1 aliphatic rings. The number of carbonyl (C=O) groups excluding carboxylic acids is 1. The molecule has 0 atom stereocenters. The Labute approximate surface area is 123 Å². The monoisotopic (exact) mass is 285 g/mol. The lowest BCUT2D eigenvalue weighted by atomic mass is 9.99. The number of pyridine rings is 1. The number of amides is 1. The molecule has 1 saturated heterocycles. The molecule has 0 aromatic carbocycles. The molecule has 1 fully saturated rings. The third-order valence-corrected chi connectivity index (χ3v) is 3.89. The summed E-state index contributed by atoms with van der Waals surface area (Å²) in [5.74, 6) is 1.25. The molecule has 0 bridgehead atoms. The first-order chi connectivity index (χ1) is 10.2. The number of hydrogen-bond acceptors (Lipinski definition) is 4. The summed E-state index contributed by atoms with van der Waals surface area (Å²) in [5, 5.41) is 0. The molecule has 2 N–H and O–H groups in total. The van der Waals surface area contributed by atoms with E-state index in [9.17, 15) is 4.79 Å². The highest BCUT2D eigenvalue weighted by atomic mass is 16.1. The lowest BCUT2D eigenvalue weighted by Gasteiger charge is -2.41. The summed E-state index contributed by atoms with van der Waals surface area (Å²) in [6.07, 6.45) is 6.49. The molecule has 110 valence electrons.